The van der Waals surface area contributed by atoms with E-state index in [4.69, 9.17) is 5.11 Å². The summed E-state index contributed by atoms with van der Waals surface area (Å²) < 4.78 is 1.85. The maximum Gasteiger partial charge on any atom is 0.0681 e. The highest BCUT2D eigenvalue weighted by Gasteiger charge is 2.05. The molecule has 3 nitrogen and oxygen atoms in total. The molecule has 0 unspecified atom stereocenters. The molecule has 2 aromatic rings. The Morgan fingerprint density at radius 1 is 1.27 bits per heavy atom. The van der Waals surface area contributed by atoms with E-state index in [0.29, 0.717) is 6.42 Å². The lowest BCUT2D eigenvalue weighted by Gasteiger charge is -1.99. The van der Waals surface area contributed by atoms with E-state index in [1.807, 2.05) is 36.0 Å². The predicted molar refractivity (Wildman–Crippen MR) is 59.4 cm³/mol. The van der Waals surface area contributed by atoms with Gasteiger partial charge in [0.25, 0.3) is 0 Å². The van der Waals surface area contributed by atoms with Crippen LogP contribution in [0.2, 0.25) is 0 Å². The summed E-state index contributed by atoms with van der Waals surface area (Å²) in [5.41, 5.74) is 3.16. The second kappa shape index (κ2) is 4.28. The van der Waals surface area contributed by atoms with Crippen LogP contribution >= 0.6 is 0 Å². The Kier molecular flexibility index (Phi) is 2.83. The zero-order valence-corrected chi connectivity index (χ0v) is 8.72. The van der Waals surface area contributed by atoms with E-state index in [0.717, 1.165) is 17.0 Å². The maximum atomic E-state index is 8.84. The lowest BCUT2D eigenvalue weighted by atomic mass is 10.1. The first-order valence-electron chi connectivity index (χ1n) is 5.00. The van der Waals surface area contributed by atoms with Crippen LogP contribution in [0.5, 0.6) is 0 Å². The molecule has 0 atom stereocenters. The molecule has 0 saturated carbocycles. The van der Waals surface area contributed by atoms with Gasteiger partial charge in [-0.15, -0.1) is 0 Å². The van der Waals surface area contributed by atoms with Crippen molar-refractivity contribution in [3.05, 3.63) is 42.1 Å². The van der Waals surface area contributed by atoms with Crippen molar-refractivity contribution in [3.63, 3.8) is 0 Å². The Balaban J connectivity index is 2.36. The summed E-state index contributed by atoms with van der Waals surface area (Å²) in [5, 5.41) is 13.2. The van der Waals surface area contributed by atoms with Gasteiger partial charge in [-0.25, -0.2) is 0 Å². The molecule has 1 aromatic heterocycles. The van der Waals surface area contributed by atoms with Gasteiger partial charge in [0.1, 0.15) is 0 Å². The lowest BCUT2D eigenvalue weighted by molar-refractivity contribution is 0.298. The molecule has 0 aliphatic carbocycles. The van der Waals surface area contributed by atoms with E-state index >= 15 is 0 Å². The van der Waals surface area contributed by atoms with Gasteiger partial charge < -0.3 is 5.11 Å². The van der Waals surface area contributed by atoms with E-state index in [-0.39, 0.29) is 6.61 Å². The highest BCUT2D eigenvalue weighted by Crippen LogP contribution is 2.19. The van der Waals surface area contributed by atoms with Crippen LogP contribution in [0.1, 0.15) is 5.69 Å². The smallest absolute Gasteiger partial charge is 0.0681 e. The summed E-state index contributed by atoms with van der Waals surface area (Å²) in [5.74, 6) is 0. The van der Waals surface area contributed by atoms with Crippen molar-refractivity contribution in [1.82, 2.24) is 9.78 Å². The molecule has 1 N–H and O–H groups in total. The normalized spacial score (nSPS) is 10.5. The minimum Gasteiger partial charge on any atom is -0.396 e. The maximum absolute atomic E-state index is 8.84. The number of aliphatic hydroxyl groups is 1. The summed E-state index contributed by atoms with van der Waals surface area (Å²) >= 11 is 0. The number of rotatable bonds is 3. The van der Waals surface area contributed by atoms with Crippen molar-refractivity contribution in [2.75, 3.05) is 6.61 Å². The van der Waals surface area contributed by atoms with Crippen LogP contribution in [0.4, 0.5) is 0 Å². The van der Waals surface area contributed by atoms with Crippen LogP contribution in [-0.4, -0.2) is 21.5 Å². The molecule has 3 heteroatoms. The van der Waals surface area contributed by atoms with E-state index in [1.165, 1.54) is 0 Å². The predicted octanol–water partition coefficient (Wildman–Crippen LogP) is 1.62. The van der Waals surface area contributed by atoms with Gasteiger partial charge in [0.2, 0.25) is 0 Å². The Labute approximate surface area is 89.0 Å². The summed E-state index contributed by atoms with van der Waals surface area (Å²) in [6, 6.07) is 12.1. The Bertz CT molecular complexity index is 434. The van der Waals surface area contributed by atoms with Gasteiger partial charge in [-0.3, -0.25) is 4.68 Å². The van der Waals surface area contributed by atoms with Gasteiger partial charge >= 0.3 is 0 Å². The minimum absolute atomic E-state index is 0.144. The van der Waals surface area contributed by atoms with Gasteiger partial charge in [0.15, 0.2) is 0 Å². The van der Waals surface area contributed by atoms with E-state index < -0.39 is 0 Å². The topological polar surface area (TPSA) is 38.0 Å². The van der Waals surface area contributed by atoms with E-state index in [2.05, 4.69) is 17.2 Å². The molecule has 2 rings (SSSR count). The first-order valence-corrected chi connectivity index (χ1v) is 5.00. The molecule has 0 spiro atoms. The van der Waals surface area contributed by atoms with Gasteiger partial charge in [-0.1, -0.05) is 30.3 Å². The zero-order chi connectivity index (χ0) is 10.7. The highest BCUT2D eigenvalue weighted by atomic mass is 16.3. The van der Waals surface area contributed by atoms with Crippen molar-refractivity contribution in [1.29, 1.82) is 0 Å². The molecule has 78 valence electrons. The fraction of sp³-hybridized carbons (Fsp3) is 0.250. The van der Waals surface area contributed by atoms with Crippen molar-refractivity contribution in [3.8, 4) is 11.3 Å². The fourth-order valence-electron chi connectivity index (χ4n) is 1.64. The lowest BCUT2D eigenvalue weighted by Crippen LogP contribution is -1.95. The number of aliphatic hydroxyl groups excluding tert-OH is 1. The molecule has 0 saturated heterocycles. The molecule has 1 heterocycles. The second-order valence-corrected chi connectivity index (χ2v) is 3.48. The largest absolute Gasteiger partial charge is 0.396 e. The number of aryl methyl sites for hydroxylation is 1. The summed E-state index contributed by atoms with van der Waals surface area (Å²) in [6.07, 6.45) is 0.612. The Morgan fingerprint density at radius 2 is 2.00 bits per heavy atom. The average molecular weight is 202 g/mol. The van der Waals surface area contributed by atoms with Crippen molar-refractivity contribution >= 4 is 0 Å². The first kappa shape index (κ1) is 9.93. The number of hydrogen-bond acceptors (Lipinski definition) is 2. The number of hydrogen-bond donors (Lipinski definition) is 1. The fourth-order valence-corrected chi connectivity index (χ4v) is 1.64. The van der Waals surface area contributed by atoms with Gasteiger partial charge in [0.05, 0.1) is 11.4 Å². The average Bonchev–Trinajstić information content (AvgIpc) is 2.61. The molecule has 1 aromatic carbocycles. The molecule has 15 heavy (non-hydrogen) atoms. The van der Waals surface area contributed by atoms with Crippen LogP contribution in [0.15, 0.2) is 36.4 Å². The van der Waals surface area contributed by atoms with Crippen LogP contribution in [-0.2, 0) is 13.5 Å². The van der Waals surface area contributed by atoms with E-state index in [9.17, 15) is 0 Å². The zero-order valence-electron chi connectivity index (χ0n) is 8.72. The van der Waals surface area contributed by atoms with Crippen molar-refractivity contribution in [2.45, 2.75) is 6.42 Å². The number of benzene rings is 1. The van der Waals surface area contributed by atoms with Crippen LogP contribution < -0.4 is 0 Å². The molecular weight excluding hydrogens is 188 g/mol. The Morgan fingerprint density at radius 3 is 2.67 bits per heavy atom. The quantitative estimate of drug-likeness (QED) is 0.821. The first-order chi connectivity index (χ1) is 7.31. The van der Waals surface area contributed by atoms with E-state index in [1.54, 1.807) is 0 Å². The summed E-state index contributed by atoms with van der Waals surface area (Å²) in [7, 11) is 1.92. The SMILES string of the molecule is Cn1nc(CCO)cc1-c1ccccc1. The molecule has 0 aliphatic heterocycles. The third kappa shape index (κ3) is 2.07. The molecule has 0 amide bonds. The standard InChI is InChI=1S/C12H14N2O/c1-14-12(9-11(13-14)7-8-15)10-5-3-2-4-6-10/h2-6,9,15H,7-8H2,1H3. The Hall–Kier alpha value is -1.61. The second-order valence-electron chi connectivity index (χ2n) is 3.48. The van der Waals surface area contributed by atoms with Gasteiger partial charge in [-0.05, 0) is 11.6 Å². The van der Waals surface area contributed by atoms with Crippen LogP contribution in [0.25, 0.3) is 11.3 Å². The molecular formula is C12H14N2O. The third-order valence-corrected chi connectivity index (χ3v) is 2.37. The number of nitrogens with zero attached hydrogens (tertiary/aromatic N) is 2. The monoisotopic (exact) mass is 202 g/mol. The highest BCUT2D eigenvalue weighted by molar-refractivity contribution is 5.59. The van der Waals surface area contributed by atoms with Crippen molar-refractivity contribution in [2.24, 2.45) is 7.05 Å². The molecule has 0 fully saturated rings. The number of aromatic nitrogens is 2. The summed E-state index contributed by atoms with van der Waals surface area (Å²) in [6.45, 7) is 0.144. The summed E-state index contributed by atoms with van der Waals surface area (Å²) in [4.78, 5) is 0. The van der Waals surface area contributed by atoms with Gasteiger partial charge in [-0.2, -0.15) is 5.10 Å². The van der Waals surface area contributed by atoms with Gasteiger partial charge in [0, 0.05) is 20.1 Å². The third-order valence-electron chi connectivity index (χ3n) is 2.37. The van der Waals surface area contributed by atoms with Crippen molar-refractivity contribution < 1.29 is 5.11 Å². The van der Waals surface area contributed by atoms with Crippen LogP contribution in [0, 0.1) is 0 Å². The van der Waals surface area contributed by atoms with Crippen LogP contribution in [0.3, 0.4) is 0 Å². The minimum atomic E-state index is 0.144. The molecule has 0 bridgehead atoms. The molecule has 0 aliphatic rings. The molecule has 0 radical (unpaired) electrons.